The quantitative estimate of drug-likeness (QED) is 0.797. The van der Waals surface area contributed by atoms with E-state index in [4.69, 9.17) is 14.0 Å². The van der Waals surface area contributed by atoms with Crippen LogP contribution in [0.5, 0.6) is 5.75 Å². The van der Waals surface area contributed by atoms with E-state index in [0.717, 1.165) is 11.3 Å². The number of aryl methyl sites for hydroxylation is 2. The molecule has 1 aromatic heterocycles. The van der Waals surface area contributed by atoms with Crippen molar-refractivity contribution in [2.24, 2.45) is 0 Å². The van der Waals surface area contributed by atoms with Crippen molar-refractivity contribution in [1.82, 2.24) is 10.5 Å². The summed E-state index contributed by atoms with van der Waals surface area (Å²) in [6, 6.07) is 6.60. The number of benzene rings is 1. The average Bonchev–Trinajstić information content (AvgIpc) is 2.88. The molecule has 0 spiro atoms. The fourth-order valence-electron chi connectivity index (χ4n) is 2.25. The van der Waals surface area contributed by atoms with E-state index in [1.165, 1.54) is 0 Å². The smallest absolute Gasteiger partial charge is 0.338 e. The van der Waals surface area contributed by atoms with Gasteiger partial charge in [0, 0.05) is 5.54 Å². The van der Waals surface area contributed by atoms with Gasteiger partial charge in [0.2, 0.25) is 0 Å². The lowest BCUT2D eigenvalue weighted by Crippen LogP contribution is -2.42. The number of rotatable bonds is 6. The molecule has 0 bridgehead atoms. The standard InChI is InChI=1S/C19H24N2O5/c1-12-16(13(2)26-21-12)10-24-15-8-6-7-14(9-15)18(23)25-11-17(22)20-19(3,4)5/h6-9H,10-11H2,1-5H3,(H,20,22). The zero-order chi connectivity index (χ0) is 19.3. The molecule has 2 aromatic rings. The van der Waals surface area contributed by atoms with Crippen LogP contribution in [0, 0.1) is 13.8 Å². The summed E-state index contributed by atoms with van der Waals surface area (Å²) in [4.78, 5) is 23.9. The second-order valence-electron chi connectivity index (χ2n) is 6.99. The Bertz CT molecular complexity index is 770. The van der Waals surface area contributed by atoms with E-state index >= 15 is 0 Å². The molecule has 2 rings (SSSR count). The number of amides is 1. The molecule has 7 heteroatoms. The molecule has 1 heterocycles. The fraction of sp³-hybridized carbons (Fsp3) is 0.421. The molecule has 0 aliphatic heterocycles. The first kappa shape index (κ1) is 19.5. The van der Waals surface area contributed by atoms with Crippen LogP contribution < -0.4 is 10.1 Å². The van der Waals surface area contributed by atoms with E-state index in [0.29, 0.717) is 17.1 Å². The second kappa shape index (κ2) is 8.03. The summed E-state index contributed by atoms with van der Waals surface area (Å²) < 4.78 is 15.8. The summed E-state index contributed by atoms with van der Waals surface area (Å²) in [7, 11) is 0. The minimum Gasteiger partial charge on any atom is -0.489 e. The van der Waals surface area contributed by atoms with Crippen LogP contribution in [-0.2, 0) is 16.1 Å². The number of nitrogens with one attached hydrogen (secondary N) is 1. The lowest BCUT2D eigenvalue weighted by atomic mass is 10.1. The van der Waals surface area contributed by atoms with Gasteiger partial charge in [-0.3, -0.25) is 4.79 Å². The number of ether oxygens (including phenoxy) is 2. The Labute approximate surface area is 152 Å². The predicted octanol–water partition coefficient (Wildman–Crippen LogP) is 2.94. The number of carbonyl (C=O) groups excluding carboxylic acids is 2. The molecule has 26 heavy (non-hydrogen) atoms. The van der Waals surface area contributed by atoms with Crippen molar-refractivity contribution in [3.63, 3.8) is 0 Å². The third-order valence-electron chi connectivity index (χ3n) is 3.48. The Morgan fingerprint density at radius 2 is 1.96 bits per heavy atom. The molecule has 1 amide bonds. The molecule has 0 aliphatic carbocycles. The van der Waals surface area contributed by atoms with Crippen molar-refractivity contribution in [2.45, 2.75) is 46.8 Å². The Hall–Kier alpha value is -2.83. The van der Waals surface area contributed by atoms with Crippen LogP contribution in [0.3, 0.4) is 0 Å². The van der Waals surface area contributed by atoms with Crippen molar-refractivity contribution in [3.05, 3.63) is 46.8 Å². The SMILES string of the molecule is Cc1noc(C)c1COc1cccc(C(=O)OCC(=O)NC(C)(C)C)c1. The maximum Gasteiger partial charge on any atom is 0.338 e. The number of hydrogen-bond donors (Lipinski definition) is 1. The molecule has 140 valence electrons. The largest absolute Gasteiger partial charge is 0.489 e. The number of nitrogens with zero attached hydrogens (tertiary/aromatic N) is 1. The number of hydrogen-bond acceptors (Lipinski definition) is 6. The summed E-state index contributed by atoms with van der Waals surface area (Å²) >= 11 is 0. The summed E-state index contributed by atoms with van der Waals surface area (Å²) in [5.41, 5.74) is 1.57. The molecule has 1 aromatic carbocycles. The Morgan fingerprint density at radius 1 is 1.23 bits per heavy atom. The van der Waals surface area contributed by atoms with Crippen molar-refractivity contribution in [1.29, 1.82) is 0 Å². The van der Waals surface area contributed by atoms with Crippen LogP contribution in [-0.4, -0.2) is 29.2 Å². The molecular weight excluding hydrogens is 336 g/mol. The molecule has 0 unspecified atom stereocenters. The van der Waals surface area contributed by atoms with Gasteiger partial charge in [0.25, 0.3) is 5.91 Å². The monoisotopic (exact) mass is 360 g/mol. The maximum absolute atomic E-state index is 12.1. The topological polar surface area (TPSA) is 90.7 Å². The van der Waals surface area contributed by atoms with Crippen LogP contribution in [0.15, 0.2) is 28.8 Å². The third kappa shape index (κ3) is 5.61. The molecule has 0 aliphatic rings. The second-order valence-corrected chi connectivity index (χ2v) is 6.99. The molecule has 1 N–H and O–H groups in total. The van der Waals surface area contributed by atoms with Gasteiger partial charge >= 0.3 is 5.97 Å². The number of esters is 1. The van der Waals surface area contributed by atoms with E-state index in [1.54, 1.807) is 24.3 Å². The third-order valence-corrected chi connectivity index (χ3v) is 3.48. The van der Waals surface area contributed by atoms with E-state index in [2.05, 4.69) is 10.5 Å². The summed E-state index contributed by atoms with van der Waals surface area (Å²) in [5.74, 6) is 0.273. The zero-order valence-corrected chi connectivity index (χ0v) is 15.7. The lowest BCUT2D eigenvalue weighted by Gasteiger charge is -2.20. The zero-order valence-electron chi connectivity index (χ0n) is 15.7. The van der Waals surface area contributed by atoms with Crippen LogP contribution in [0.25, 0.3) is 0 Å². The van der Waals surface area contributed by atoms with Crippen molar-refractivity contribution in [3.8, 4) is 5.75 Å². The lowest BCUT2D eigenvalue weighted by molar-refractivity contribution is -0.125. The highest BCUT2D eigenvalue weighted by atomic mass is 16.5. The van der Waals surface area contributed by atoms with Crippen LogP contribution in [0.2, 0.25) is 0 Å². The molecular formula is C19H24N2O5. The highest BCUT2D eigenvalue weighted by Gasteiger charge is 2.16. The normalized spacial score (nSPS) is 11.1. The van der Waals surface area contributed by atoms with Crippen molar-refractivity contribution < 1.29 is 23.6 Å². The first-order valence-corrected chi connectivity index (χ1v) is 8.28. The van der Waals surface area contributed by atoms with Gasteiger partial charge in [-0.2, -0.15) is 0 Å². The summed E-state index contributed by atoms with van der Waals surface area (Å²) in [6.45, 7) is 9.17. The minimum absolute atomic E-state index is 0.285. The predicted molar refractivity (Wildman–Crippen MR) is 94.9 cm³/mol. The Balaban J connectivity index is 1.93. The van der Waals surface area contributed by atoms with E-state index in [9.17, 15) is 9.59 Å². The Morgan fingerprint density at radius 3 is 2.58 bits per heavy atom. The maximum atomic E-state index is 12.1. The highest BCUT2D eigenvalue weighted by Crippen LogP contribution is 2.19. The van der Waals surface area contributed by atoms with E-state index < -0.39 is 5.97 Å². The van der Waals surface area contributed by atoms with Gasteiger partial charge in [-0.15, -0.1) is 0 Å². The van der Waals surface area contributed by atoms with Gasteiger partial charge < -0.3 is 19.3 Å². The molecule has 0 saturated carbocycles. The average molecular weight is 360 g/mol. The van der Waals surface area contributed by atoms with Crippen LogP contribution in [0.4, 0.5) is 0 Å². The fourth-order valence-corrected chi connectivity index (χ4v) is 2.25. The highest BCUT2D eigenvalue weighted by molar-refractivity contribution is 5.91. The van der Waals surface area contributed by atoms with E-state index in [1.807, 2.05) is 34.6 Å². The number of aromatic nitrogens is 1. The van der Waals surface area contributed by atoms with Gasteiger partial charge in [-0.1, -0.05) is 11.2 Å². The number of carbonyl (C=O) groups is 2. The van der Waals surface area contributed by atoms with Gasteiger partial charge in [0.1, 0.15) is 18.1 Å². The van der Waals surface area contributed by atoms with E-state index in [-0.39, 0.29) is 24.7 Å². The van der Waals surface area contributed by atoms with Crippen LogP contribution in [0.1, 0.15) is 48.1 Å². The molecule has 0 fully saturated rings. The Kier molecular flexibility index (Phi) is 6.02. The first-order chi connectivity index (χ1) is 12.2. The van der Waals surface area contributed by atoms with Crippen molar-refractivity contribution >= 4 is 11.9 Å². The molecule has 0 saturated heterocycles. The summed E-state index contributed by atoms with van der Waals surface area (Å²) in [5, 5.41) is 6.60. The minimum atomic E-state index is -0.586. The van der Waals surface area contributed by atoms with Gasteiger partial charge in [-0.25, -0.2) is 4.79 Å². The van der Waals surface area contributed by atoms with Crippen LogP contribution >= 0.6 is 0 Å². The first-order valence-electron chi connectivity index (χ1n) is 8.28. The molecule has 7 nitrogen and oxygen atoms in total. The van der Waals surface area contributed by atoms with Gasteiger partial charge in [0.05, 0.1) is 16.8 Å². The van der Waals surface area contributed by atoms with Gasteiger partial charge in [0.15, 0.2) is 6.61 Å². The van der Waals surface area contributed by atoms with Gasteiger partial charge in [-0.05, 0) is 52.8 Å². The molecule has 0 radical (unpaired) electrons. The summed E-state index contributed by atoms with van der Waals surface area (Å²) in [6.07, 6.45) is 0. The van der Waals surface area contributed by atoms with Crippen molar-refractivity contribution in [2.75, 3.05) is 6.61 Å². The molecule has 0 atom stereocenters.